The maximum absolute atomic E-state index is 14.3. The fourth-order valence-electron chi connectivity index (χ4n) is 2.58. The van der Waals surface area contributed by atoms with E-state index in [1.54, 1.807) is 30.3 Å². The standard InChI is InChI=1S/C19H16F2O3/c1-2-3-10-23-19(22)24-18-13-7-5-4-6-12(13)11-14-15(20)8-9-16(21)17(14)18/h4-9,11H,2-3,10H2,1H3. The molecular formula is C19H16F2O3. The van der Waals surface area contributed by atoms with Crippen LogP contribution >= 0.6 is 0 Å². The average Bonchev–Trinajstić information content (AvgIpc) is 2.58. The molecule has 3 rings (SSSR count). The summed E-state index contributed by atoms with van der Waals surface area (Å²) in [7, 11) is 0. The molecule has 0 aliphatic rings. The van der Waals surface area contributed by atoms with Gasteiger partial charge >= 0.3 is 6.16 Å². The van der Waals surface area contributed by atoms with Crippen molar-refractivity contribution in [2.45, 2.75) is 19.8 Å². The van der Waals surface area contributed by atoms with Crippen LogP contribution in [0.4, 0.5) is 13.6 Å². The van der Waals surface area contributed by atoms with Gasteiger partial charge in [0.15, 0.2) is 5.75 Å². The molecule has 0 bridgehead atoms. The lowest BCUT2D eigenvalue weighted by atomic mass is 10.0. The van der Waals surface area contributed by atoms with Crippen molar-refractivity contribution in [3.05, 3.63) is 54.1 Å². The molecule has 0 heterocycles. The van der Waals surface area contributed by atoms with E-state index in [4.69, 9.17) is 9.47 Å². The Kier molecular flexibility index (Phi) is 4.60. The fourth-order valence-corrected chi connectivity index (χ4v) is 2.58. The number of rotatable bonds is 4. The first-order valence-corrected chi connectivity index (χ1v) is 7.76. The molecule has 0 unspecified atom stereocenters. The van der Waals surface area contributed by atoms with Gasteiger partial charge in [0.05, 0.1) is 12.0 Å². The van der Waals surface area contributed by atoms with E-state index in [2.05, 4.69) is 0 Å². The number of halogens is 2. The Labute approximate surface area is 137 Å². The van der Waals surface area contributed by atoms with Gasteiger partial charge in [0, 0.05) is 10.8 Å². The Morgan fingerprint density at radius 2 is 1.79 bits per heavy atom. The summed E-state index contributed by atoms with van der Waals surface area (Å²) in [5.41, 5.74) is 0. The molecule has 0 aromatic heterocycles. The van der Waals surface area contributed by atoms with E-state index in [-0.39, 0.29) is 23.1 Å². The lowest BCUT2D eigenvalue weighted by molar-refractivity contribution is 0.0987. The second-order valence-electron chi connectivity index (χ2n) is 5.43. The molecule has 5 heteroatoms. The molecule has 3 nitrogen and oxygen atoms in total. The predicted molar refractivity (Wildman–Crippen MR) is 88.3 cm³/mol. The molecule has 0 N–H and O–H groups in total. The van der Waals surface area contributed by atoms with Crippen LogP contribution in [0.5, 0.6) is 5.75 Å². The number of hydrogen-bond acceptors (Lipinski definition) is 3. The first-order chi connectivity index (χ1) is 11.6. The van der Waals surface area contributed by atoms with E-state index in [0.717, 1.165) is 18.6 Å². The number of benzene rings is 3. The number of carbonyl (C=O) groups is 1. The summed E-state index contributed by atoms with van der Waals surface area (Å²) in [4.78, 5) is 11.9. The third kappa shape index (κ3) is 3.02. The van der Waals surface area contributed by atoms with Gasteiger partial charge in [-0.15, -0.1) is 0 Å². The second kappa shape index (κ2) is 6.83. The van der Waals surface area contributed by atoms with Crippen LogP contribution in [-0.4, -0.2) is 12.8 Å². The lowest BCUT2D eigenvalue weighted by Gasteiger charge is -2.13. The van der Waals surface area contributed by atoms with Gasteiger partial charge in [-0.3, -0.25) is 0 Å². The van der Waals surface area contributed by atoms with E-state index < -0.39 is 17.8 Å². The monoisotopic (exact) mass is 330 g/mol. The van der Waals surface area contributed by atoms with Crippen LogP contribution in [0.25, 0.3) is 21.5 Å². The highest BCUT2D eigenvalue weighted by Gasteiger charge is 2.18. The number of hydrogen-bond donors (Lipinski definition) is 0. The molecule has 0 atom stereocenters. The van der Waals surface area contributed by atoms with E-state index in [1.807, 2.05) is 6.92 Å². The van der Waals surface area contributed by atoms with Gasteiger partial charge in [0.1, 0.15) is 11.6 Å². The van der Waals surface area contributed by atoms with Gasteiger partial charge in [-0.05, 0) is 30.0 Å². The molecule has 0 aliphatic heterocycles. The van der Waals surface area contributed by atoms with Gasteiger partial charge in [-0.1, -0.05) is 37.6 Å². The van der Waals surface area contributed by atoms with Crippen LogP contribution in [0.2, 0.25) is 0 Å². The average molecular weight is 330 g/mol. The quantitative estimate of drug-likeness (QED) is 0.271. The van der Waals surface area contributed by atoms with Crippen molar-refractivity contribution in [2.24, 2.45) is 0 Å². The van der Waals surface area contributed by atoms with Crippen molar-refractivity contribution in [2.75, 3.05) is 6.61 Å². The summed E-state index contributed by atoms with van der Waals surface area (Å²) in [6.07, 6.45) is 0.642. The van der Waals surface area contributed by atoms with Gasteiger partial charge in [0.2, 0.25) is 0 Å². The second-order valence-corrected chi connectivity index (χ2v) is 5.43. The molecule has 0 fully saturated rings. The maximum atomic E-state index is 14.3. The largest absolute Gasteiger partial charge is 0.513 e. The molecule has 0 saturated heterocycles. The first-order valence-electron chi connectivity index (χ1n) is 7.76. The van der Waals surface area contributed by atoms with Gasteiger partial charge < -0.3 is 9.47 Å². The summed E-state index contributed by atoms with van der Waals surface area (Å²) in [6, 6.07) is 10.5. The predicted octanol–water partition coefficient (Wildman–Crippen LogP) is 5.59. The van der Waals surface area contributed by atoms with Crippen LogP contribution < -0.4 is 4.74 Å². The molecular weight excluding hydrogens is 314 g/mol. The van der Waals surface area contributed by atoms with E-state index in [1.165, 1.54) is 0 Å². The van der Waals surface area contributed by atoms with Crippen LogP contribution in [-0.2, 0) is 4.74 Å². The minimum atomic E-state index is -0.926. The zero-order valence-corrected chi connectivity index (χ0v) is 13.1. The van der Waals surface area contributed by atoms with Gasteiger partial charge in [-0.2, -0.15) is 0 Å². The summed E-state index contributed by atoms with van der Waals surface area (Å²) >= 11 is 0. The molecule has 3 aromatic carbocycles. The number of carbonyl (C=O) groups excluding carboxylic acids is 1. The third-order valence-corrected chi connectivity index (χ3v) is 3.78. The van der Waals surface area contributed by atoms with Crippen molar-refractivity contribution < 1.29 is 23.0 Å². The topological polar surface area (TPSA) is 35.5 Å². The normalized spacial score (nSPS) is 11.0. The van der Waals surface area contributed by atoms with Crippen LogP contribution in [0.15, 0.2) is 42.5 Å². The summed E-state index contributed by atoms with van der Waals surface area (Å²) in [6.45, 7) is 2.18. The Morgan fingerprint density at radius 3 is 2.58 bits per heavy atom. The molecule has 0 spiro atoms. The van der Waals surface area contributed by atoms with Crippen LogP contribution in [0.1, 0.15) is 19.8 Å². The van der Waals surface area contributed by atoms with Crippen molar-refractivity contribution >= 4 is 27.7 Å². The van der Waals surface area contributed by atoms with E-state index in [0.29, 0.717) is 17.2 Å². The van der Waals surface area contributed by atoms with Crippen molar-refractivity contribution in [3.8, 4) is 5.75 Å². The molecule has 0 amide bonds. The fraction of sp³-hybridized carbons (Fsp3) is 0.211. The Hall–Kier alpha value is -2.69. The lowest BCUT2D eigenvalue weighted by Crippen LogP contribution is -2.12. The highest BCUT2D eigenvalue weighted by atomic mass is 19.1. The number of ether oxygens (including phenoxy) is 2. The van der Waals surface area contributed by atoms with Crippen LogP contribution in [0.3, 0.4) is 0 Å². The minimum absolute atomic E-state index is 0.0263. The molecule has 0 saturated carbocycles. The molecule has 124 valence electrons. The summed E-state index contributed by atoms with van der Waals surface area (Å²) in [5, 5.41) is 1.15. The van der Waals surface area contributed by atoms with Gasteiger partial charge in [0.25, 0.3) is 0 Å². The van der Waals surface area contributed by atoms with E-state index >= 15 is 0 Å². The Morgan fingerprint density at radius 1 is 1.04 bits per heavy atom. The number of fused-ring (bicyclic) bond motifs is 2. The van der Waals surface area contributed by atoms with Crippen LogP contribution in [0, 0.1) is 11.6 Å². The third-order valence-electron chi connectivity index (χ3n) is 3.78. The van der Waals surface area contributed by atoms with Crippen molar-refractivity contribution in [1.29, 1.82) is 0 Å². The molecule has 3 aromatic rings. The molecule has 0 aliphatic carbocycles. The van der Waals surface area contributed by atoms with E-state index in [9.17, 15) is 13.6 Å². The molecule has 0 radical (unpaired) electrons. The Bertz CT molecular complexity index is 906. The molecule has 24 heavy (non-hydrogen) atoms. The Balaban J connectivity index is 2.15. The van der Waals surface area contributed by atoms with Gasteiger partial charge in [-0.25, -0.2) is 13.6 Å². The van der Waals surface area contributed by atoms with Crippen molar-refractivity contribution in [3.63, 3.8) is 0 Å². The summed E-state index contributed by atoms with van der Waals surface area (Å²) in [5.74, 6) is -1.27. The SMILES string of the molecule is CCCCOC(=O)Oc1c2ccccc2cc2c(F)ccc(F)c12. The minimum Gasteiger partial charge on any atom is -0.434 e. The van der Waals surface area contributed by atoms with Crippen molar-refractivity contribution in [1.82, 2.24) is 0 Å². The smallest absolute Gasteiger partial charge is 0.434 e. The highest BCUT2D eigenvalue weighted by Crippen LogP contribution is 2.37. The zero-order chi connectivity index (χ0) is 17.1. The highest BCUT2D eigenvalue weighted by molar-refractivity contribution is 6.06. The zero-order valence-electron chi connectivity index (χ0n) is 13.1. The first kappa shape index (κ1) is 16.2. The summed E-state index contributed by atoms with van der Waals surface area (Å²) < 4.78 is 38.7. The number of unbranched alkanes of at least 4 members (excludes halogenated alkanes) is 1. The maximum Gasteiger partial charge on any atom is 0.513 e.